The third kappa shape index (κ3) is 4.36. The molecule has 0 spiro atoms. The summed E-state index contributed by atoms with van der Waals surface area (Å²) in [6, 6.07) is 18.9. The van der Waals surface area contributed by atoms with Crippen LogP contribution in [-0.4, -0.2) is 30.6 Å². The average molecular weight is 472 g/mol. The Bertz CT molecular complexity index is 1380. The van der Waals surface area contributed by atoms with Crippen LogP contribution in [0.15, 0.2) is 72.8 Å². The van der Waals surface area contributed by atoms with Crippen molar-refractivity contribution in [2.24, 2.45) is 0 Å². The summed E-state index contributed by atoms with van der Waals surface area (Å²) >= 11 is 0. The van der Waals surface area contributed by atoms with Gasteiger partial charge in [0.15, 0.2) is 11.5 Å². The Hall–Kier alpha value is -4.52. The second-order valence-corrected chi connectivity index (χ2v) is 8.73. The number of ether oxygens (including phenoxy) is 1. The Morgan fingerprint density at radius 2 is 1.26 bits per heavy atom. The highest BCUT2D eigenvalue weighted by Crippen LogP contribution is 2.53. The summed E-state index contributed by atoms with van der Waals surface area (Å²) < 4.78 is 6.27. The van der Waals surface area contributed by atoms with E-state index in [4.69, 9.17) is 4.74 Å². The number of benzene rings is 4. The van der Waals surface area contributed by atoms with Gasteiger partial charge in [0, 0.05) is 17.7 Å². The van der Waals surface area contributed by atoms with Gasteiger partial charge in [0.05, 0.1) is 5.92 Å². The van der Waals surface area contributed by atoms with Crippen molar-refractivity contribution < 1.29 is 35.4 Å². The summed E-state index contributed by atoms with van der Waals surface area (Å²) in [5.74, 6) is -0.577. The third-order valence-electron chi connectivity index (χ3n) is 6.31. The van der Waals surface area contributed by atoms with Gasteiger partial charge in [-0.3, -0.25) is 0 Å². The highest BCUT2D eigenvalue weighted by Gasteiger charge is 2.39. The van der Waals surface area contributed by atoms with E-state index in [0.29, 0.717) is 29.7 Å². The molecule has 4 aromatic rings. The fourth-order valence-corrected chi connectivity index (χ4v) is 4.74. The van der Waals surface area contributed by atoms with Gasteiger partial charge in [-0.15, -0.1) is 0 Å². The number of aromatic hydroxyl groups is 6. The molecule has 2 unspecified atom stereocenters. The zero-order chi connectivity index (χ0) is 24.7. The summed E-state index contributed by atoms with van der Waals surface area (Å²) in [7, 11) is 0. The molecular weight excluding hydrogens is 448 g/mol. The predicted octanol–water partition coefficient (Wildman–Crippen LogP) is 4.97. The summed E-state index contributed by atoms with van der Waals surface area (Å²) in [6.07, 6.45) is 0.533. The summed E-state index contributed by atoms with van der Waals surface area (Å²) in [5, 5.41) is 60.3. The molecule has 1 aliphatic heterocycles. The molecule has 178 valence electrons. The second-order valence-electron chi connectivity index (χ2n) is 8.73. The van der Waals surface area contributed by atoms with Crippen LogP contribution < -0.4 is 4.74 Å². The lowest BCUT2D eigenvalue weighted by Crippen LogP contribution is -2.12. The minimum absolute atomic E-state index is 0.0381. The van der Waals surface area contributed by atoms with Crippen molar-refractivity contribution in [2.45, 2.75) is 24.9 Å². The molecule has 0 saturated heterocycles. The first-order chi connectivity index (χ1) is 16.8. The van der Waals surface area contributed by atoms with Crippen LogP contribution in [0.3, 0.4) is 0 Å². The largest absolute Gasteiger partial charge is 0.508 e. The SMILES string of the molecule is Oc1ccc(CCc2cc(O)cc3c2C(c2cc(O)cc(O)c2)C(c2ccc(O)c(O)c2)O3)cc1. The van der Waals surface area contributed by atoms with Crippen molar-refractivity contribution in [3.63, 3.8) is 0 Å². The average Bonchev–Trinajstić information content (AvgIpc) is 3.19. The Labute approximate surface area is 201 Å². The molecule has 0 amide bonds. The van der Waals surface area contributed by atoms with Gasteiger partial charge in [-0.2, -0.15) is 0 Å². The normalized spacial score (nSPS) is 16.6. The molecule has 6 N–H and O–H groups in total. The van der Waals surface area contributed by atoms with Crippen LogP contribution >= 0.6 is 0 Å². The van der Waals surface area contributed by atoms with E-state index >= 15 is 0 Å². The number of hydrogen-bond donors (Lipinski definition) is 6. The molecule has 1 heterocycles. The van der Waals surface area contributed by atoms with Crippen LogP contribution in [-0.2, 0) is 12.8 Å². The van der Waals surface area contributed by atoms with Crippen molar-refractivity contribution in [1.29, 1.82) is 0 Å². The zero-order valence-corrected chi connectivity index (χ0v) is 18.6. The van der Waals surface area contributed by atoms with Crippen LogP contribution in [0.5, 0.6) is 40.2 Å². The molecule has 0 saturated carbocycles. The quantitative estimate of drug-likeness (QED) is 0.226. The predicted molar refractivity (Wildman–Crippen MR) is 128 cm³/mol. The molecule has 4 aromatic carbocycles. The van der Waals surface area contributed by atoms with Crippen molar-refractivity contribution in [3.05, 3.63) is 101 Å². The maximum Gasteiger partial charge on any atom is 0.157 e. The first-order valence-electron chi connectivity index (χ1n) is 11.1. The fourth-order valence-electron chi connectivity index (χ4n) is 4.74. The minimum atomic E-state index is -0.660. The van der Waals surface area contributed by atoms with Gasteiger partial charge in [-0.25, -0.2) is 0 Å². The van der Waals surface area contributed by atoms with Crippen molar-refractivity contribution in [2.75, 3.05) is 0 Å². The summed E-state index contributed by atoms with van der Waals surface area (Å²) in [5.41, 5.74) is 3.80. The Kier molecular flexibility index (Phi) is 5.53. The van der Waals surface area contributed by atoms with E-state index in [1.165, 1.54) is 24.3 Å². The van der Waals surface area contributed by atoms with Gasteiger partial charge < -0.3 is 35.4 Å². The van der Waals surface area contributed by atoms with Gasteiger partial charge in [0.2, 0.25) is 0 Å². The minimum Gasteiger partial charge on any atom is -0.508 e. The summed E-state index contributed by atoms with van der Waals surface area (Å²) in [4.78, 5) is 0. The molecule has 0 fully saturated rings. The van der Waals surface area contributed by atoms with E-state index < -0.39 is 12.0 Å². The second kappa shape index (κ2) is 8.68. The highest BCUT2D eigenvalue weighted by molar-refractivity contribution is 5.58. The molecule has 7 nitrogen and oxygen atoms in total. The van der Waals surface area contributed by atoms with E-state index in [1.807, 2.05) is 12.1 Å². The van der Waals surface area contributed by atoms with E-state index in [-0.39, 0.29) is 34.5 Å². The lowest BCUT2D eigenvalue weighted by molar-refractivity contribution is 0.221. The molecule has 2 atom stereocenters. The van der Waals surface area contributed by atoms with Crippen LogP contribution in [0.4, 0.5) is 0 Å². The monoisotopic (exact) mass is 472 g/mol. The summed E-state index contributed by atoms with van der Waals surface area (Å²) in [6.45, 7) is 0. The topological polar surface area (TPSA) is 131 Å². The first-order valence-corrected chi connectivity index (χ1v) is 11.1. The lowest BCUT2D eigenvalue weighted by Gasteiger charge is -2.22. The van der Waals surface area contributed by atoms with E-state index in [2.05, 4.69) is 0 Å². The molecule has 1 aliphatic rings. The number of phenolic OH excluding ortho intramolecular Hbond substituents is 6. The molecule has 5 rings (SSSR count). The van der Waals surface area contributed by atoms with Gasteiger partial charge in [0.1, 0.15) is 34.9 Å². The number of aryl methyl sites for hydroxylation is 2. The zero-order valence-electron chi connectivity index (χ0n) is 18.6. The van der Waals surface area contributed by atoms with Crippen LogP contribution in [0.1, 0.15) is 39.8 Å². The van der Waals surface area contributed by atoms with Gasteiger partial charge >= 0.3 is 0 Å². The van der Waals surface area contributed by atoms with Crippen molar-refractivity contribution in [3.8, 4) is 40.2 Å². The van der Waals surface area contributed by atoms with Crippen LogP contribution in [0.25, 0.3) is 0 Å². The molecular formula is C28H24O7. The molecule has 35 heavy (non-hydrogen) atoms. The Balaban J connectivity index is 1.62. The number of rotatable bonds is 5. The maximum atomic E-state index is 10.4. The Morgan fingerprint density at radius 1 is 0.571 bits per heavy atom. The van der Waals surface area contributed by atoms with Gasteiger partial charge in [0.25, 0.3) is 0 Å². The van der Waals surface area contributed by atoms with E-state index in [9.17, 15) is 30.6 Å². The fraction of sp³-hybridized carbons (Fsp3) is 0.143. The number of fused-ring (bicyclic) bond motifs is 1. The van der Waals surface area contributed by atoms with Crippen molar-refractivity contribution in [1.82, 2.24) is 0 Å². The molecule has 0 radical (unpaired) electrons. The smallest absolute Gasteiger partial charge is 0.157 e. The van der Waals surface area contributed by atoms with Crippen LogP contribution in [0, 0.1) is 0 Å². The van der Waals surface area contributed by atoms with Gasteiger partial charge in [-0.1, -0.05) is 18.2 Å². The Morgan fingerprint density at radius 3 is 1.94 bits per heavy atom. The molecule has 7 heteroatoms. The number of hydrogen-bond acceptors (Lipinski definition) is 7. The van der Waals surface area contributed by atoms with Crippen molar-refractivity contribution >= 4 is 0 Å². The molecule has 0 bridgehead atoms. The van der Waals surface area contributed by atoms with Crippen LogP contribution in [0.2, 0.25) is 0 Å². The molecule has 0 aromatic heterocycles. The first kappa shape index (κ1) is 22.3. The molecule has 0 aliphatic carbocycles. The maximum absolute atomic E-state index is 10.4. The van der Waals surface area contributed by atoms with Gasteiger partial charge in [-0.05, 0) is 77.6 Å². The third-order valence-corrected chi connectivity index (χ3v) is 6.31. The highest BCUT2D eigenvalue weighted by atomic mass is 16.5. The number of phenols is 6. The van der Waals surface area contributed by atoms with E-state index in [0.717, 1.165) is 16.7 Å². The van der Waals surface area contributed by atoms with E-state index in [1.54, 1.807) is 36.4 Å². The lowest BCUT2D eigenvalue weighted by atomic mass is 9.81. The standard InChI is InChI=1S/C28H24O7/c29-19-6-2-15(3-7-19)1-4-16-9-22(32)14-25-26(16)27(18-10-20(30)13-21(31)11-18)28(35-25)17-5-8-23(33)24(34)12-17/h2-3,5-14,27-34H,1,4H2.